The van der Waals surface area contributed by atoms with Gasteiger partial charge in [-0.2, -0.15) is 0 Å². The summed E-state index contributed by atoms with van der Waals surface area (Å²) in [5.74, 6) is 0.916. The fraction of sp³-hybridized carbons (Fsp3) is 0.538. The van der Waals surface area contributed by atoms with Gasteiger partial charge in [-0.25, -0.2) is 0 Å². The zero-order valence-electron chi connectivity index (χ0n) is 10.0. The highest BCUT2D eigenvalue weighted by molar-refractivity contribution is 5.51. The molecule has 0 amide bonds. The number of methoxy groups -OCH3 is 1. The first-order valence-corrected chi connectivity index (χ1v) is 5.87. The van der Waals surface area contributed by atoms with Crippen LogP contribution in [0.4, 0.5) is 5.69 Å². The SMILES string of the molecule is COc1cccc(N2CCC(N)CC2C)c1. The van der Waals surface area contributed by atoms with Gasteiger partial charge in [-0.05, 0) is 31.9 Å². The number of rotatable bonds is 2. The van der Waals surface area contributed by atoms with Gasteiger partial charge < -0.3 is 15.4 Å². The van der Waals surface area contributed by atoms with Gasteiger partial charge in [0.2, 0.25) is 0 Å². The first-order valence-electron chi connectivity index (χ1n) is 5.87. The van der Waals surface area contributed by atoms with Gasteiger partial charge in [-0.1, -0.05) is 6.07 Å². The minimum absolute atomic E-state index is 0.358. The topological polar surface area (TPSA) is 38.5 Å². The van der Waals surface area contributed by atoms with Crippen LogP contribution in [0.25, 0.3) is 0 Å². The molecule has 1 aliphatic rings. The van der Waals surface area contributed by atoms with E-state index in [4.69, 9.17) is 10.5 Å². The van der Waals surface area contributed by atoms with Crippen molar-refractivity contribution in [2.45, 2.75) is 31.8 Å². The van der Waals surface area contributed by atoms with Crippen LogP contribution in [0.2, 0.25) is 0 Å². The molecular weight excluding hydrogens is 200 g/mol. The Labute approximate surface area is 97.2 Å². The molecule has 2 N–H and O–H groups in total. The number of ether oxygens (including phenoxy) is 1. The van der Waals surface area contributed by atoms with Gasteiger partial charge in [0.1, 0.15) is 5.75 Å². The highest BCUT2D eigenvalue weighted by atomic mass is 16.5. The van der Waals surface area contributed by atoms with Crippen molar-refractivity contribution in [3.8, 4) is 5.75 Å². The Hall–Kier alpha value is -1.22. The van der Waals surface area contributed by atoms with Crippen LogP contribution in [-0.2, 0) is 0 Å². The standard InChI is InChI=1S/C13H20N2O/c1-10-8-11(14)6-7-15(10)12-4-3-5-13(9-12)16-2/h3-5,9-11H,6-8,14H2,1-2H3. The van der Waals surface area contributed by atoms with E-state index < -0.39 is 0 Å². The van der Waals surface area contributed by atoms with Crippen molar-refractivity contribution < 1.29 is 4.74 Å². The molecule has 16 heavy (non-hydrogen) atoms. The number of piperidine rings is 1. The Morgan fingerprint density at radius 2 is 2.25 bits per heavy atom. The molecule has 0 spiro atoms. The Kier molecular flexibility index (Phi) is 3.34. The number of benzene rings is 1. The van der Waals surface area contributed by atoms with Crippen LogP contribution in [0, 0.1) is 0 Å². The second kappa shape index (κ2) is 4.74. The van der Waals surface area contributed by atoms with Crippen LogP contribution in [-0.4, -0.2) is 25.7 Å². The summed E-state index contributed by atoms with van der Waals surface area (Å²) in [6, 6.07) is 9.11. The van der Waals surface area contributed by atoms with Crippen molar-refractivity contribution in [2.24, 2.45) is 5.73 Å². The fourth-order valence-electron chi connectivity index (χ4n) is 2.38. The Morgan fingerprint density at radius 3 is 2.94 bits per heavy atom. The third-order valence-corrected chi connectivity index (χ3v) is 3.30. The lowest BCUT2D eigenvalue weighted by atomic mass is 9.98. The van der Waals surface area contributed by atoms with E-state index in [-0.39, 0.29) is 0 Å². The molecule has 3 heteroatoms. The molecule has 3 nitrogen and oxygen atoms in total. The van der Waals surface area contributed by atoms with Gasteiger partial charge in [-0.3, -0.25) is 0 Å². The molecule has 1 fully saturated rings. The molecule has 2 rings (SSSR count). The van der Waals surface area contributed by atoms with Gasteiger partial charge in [-0.15, -0.1) is 0 Å². The average Bonchev–Trinajstić information content (AvgIpc) is 2.29. The summed E-state index contributed by atoms with van der Waals surface area (Å²) in [7, 11) is 1.70. The van der Waals surface area contributed by atoms with E-state index in [0.717, 1.165) is 25.1 Å². The van der Waals surface area contributed by atoms with Gasteiger partial charge >= 0.3 is 0 Å². The molecule has 0 radical (unpaired) electrons. The van der Waals surface area contributed by atoms with Crippen molar-refractivity contribution >= 4 is 5.69 Å². The van der Waals surface area contributed by atoms with Crippen molar-refractivity contribution in [2.75, 3.05) is 18.6 Å². The molecule has 1 saturated heterocycles. The number of nitrogens with two attached hydrogens (primary N) is 1. The van der Waals surface area contributed by atoms with Crippen molar-refractivity contribution in [3.05, 3.63) is 24.3 Å². The zero-order chi connectivity index (χ0) is 11.5. The summed E-state index contributed by atoms with van der Waals surface area (Å²) in [6.45, 7) is 3.27. The summed E-state index contributed by atoms with van der Waals surface area (Å²) in [6.07, 6.45) is 2.14. The smallest absolute Gasteiger partial charge is 0.120 e. The van der Waals surface area contributed by atoms with Crippen molar-refractivity contribution in [3.63, 3.8) is 0 Å². The molecule has 0 bridgehead atoms. The lowest BCUT2D eigenvalue weighted by molar-refractivity contribution is 0.411. The average molecular weight is 220 g/mol. The quantitative estimate of drug-likeness (QED) is 0.828. The molecule has 0 saturated carbocycles. The predicted octanol–water partition coefficient (Wildman–Crippen LogP) is 2.01. The largest absolute Gasteiger partial charge is 0.497 e. The number of anilines is 1. The molecule has 1 heterocycles. The van der Waals surface area contributed by atoms with E-state index in [1.165, 1.54) is 5.69 Å². The summed E-state index contributed by atoms with van der Waals surface area (Å²) in [5.41, 5.74) is 7.21. The van der Waals surface area contributed by atoms with Crippen molar-refractivity contribution in [1.82, 2.24) is 0 Å². The van der Waals surface area contributed by atoms with Crippen LogP contribution in [0.15, 0.2) is 24.3 Å². The molecule has 2 unspecified atom stereocenters. The van der Waals surface area contributed by atoms with Gasteiger partial charge in [0.05, 0.1) is 7.11 Å². The third-order valence-electron chi connectivity index (χ3n) is 3.30. The van der Waals surface area contributed by atoms with Crippen LogP contribution in [0.3, 0.4) is 0 Å². The lowest BCUT2D eigenvalue weighted by Crippen LogP contribution is -2.45. The van der Waals surface area contributed by atoms with Crippen LogP contribution >= 0.6 is 0 Å². The number of hydrogen-bond acceptors (Lipinski definition) is 3. The molecule has 88 valence electrons. The summed E-state index contributed by atoms with van der Waals surface area (Å²) < 4.78 is 5.25. The Balaban J connectivity index is 2.16. The third kappa shape index (κ3) is 2.30. The fourth-order valence-corrected chi connectivity index (χ4v) is 2.38. The summed E-state index contributed by atoms with van der Waals surface area (Å²) in [5, 5.41) is 0. The molecule has 1 aromatic rings. The van der Waals surface area contributed by atoms with Gasteiger partial charge in [0.25, 0.3) is 0 Å². The molecule has 1 aliphatic heterocycles. The maximum atomic E-state index is 5.97. The molecular formula is C13H20N2O. The number of hydrogen-bond donors (Lipinski definition) is 1. The Bertz CT molecular complexity index is 354. The molecule has 2 atom stereocenters. The molecule has 0 aromatic heterocycles. The second-order valence-electron chi connectivity index (χ2n) is 4.53. The predicted molar refractivity (Wildman–Crippen MR) is 67.0 cm³/mol. The number of nitrogens with zero attached hydrogens (tertiary/aromatic N) is 1. The van der Waals surface area contributed by atoms with E-state index >= 15 is 0 Å². The summed E-state index contributed by atoms with van der Waals surface area (Å²) in [4.78, 5) is 2.41. The van der Waals surface area contributed by atoms with E-state index in [2.05, 4.69) is 24.0 Å². The van der Waals surface area contributed by atoms with Crippen LogP contribution in [0.1, 0.15) is 19.8 Å². The Morgan fingerprint density at radius 1 is 1.44 bits per heavy atom. The highest BCUT2D eigenvalue weighted by Crippen LogP contribution is 2.27. The highest BCUT2D eigenvalue weighted by Gasteiger charge is 2.23. The minimum atomic E-state index is 0.358. The van der Waals surface area contributed by atoms with E-state index in [1.54, 1.807) is 7.11 Å². The maximum Gasteiger partial charge on any atom is 0.120 e. The molecule has 1 aromatic carbocycles. The van der Waals surface area contributed by atoms with E-state index in [1.807, 2.05) is 12.1 Å². The molecule has 0 aliphatic carbocycles. The minimum Gasteiger partial charge on any atom is -0.497 e. The zero-order valence-corrected chi connectivity index (χ0v) is 10.0. The second-order valence-corrected chi connectivity index (χ2v) is 4.53. The van der Waals surface area contributed by atoms with Gasteiger partial charge in [0.15, 0.2) is 0 Å². The summed E-state index contributed by atoms with van der Waals surface area (Å²) >= 11 is 0. The van der Waals surface area contributed by atoms with E-state index in [9.17, 15) is 0 Å². The monoisotopic (exact) mass is 220 g/mol. The maximum absolute atomic E-state index is 5.97. The lowest BCUT2D eigenvalue weighted by Gasteiger charge is -2.38. The normalized spacial score (nSPS) is 25.6. The van der Waals surface area contributed by atoms with Crippen LogP contribution in [0.5, 0.6) is 5.75 Å². The van der Waals surface area contributed by atoms with E-state index in [0.29, 0.717) is 12.1 Å². The van der Waals surface area contributed by atoms with Gasteiger partial charge in [0, 0.05) is 30.4 Å². The first-order chi connectivity index (χ1) is 7.70. The van der Waals surface area contributed by atoms with Crippen molar-refractivity contribution in [1.29, 1.82) is 0 Å². The van der Waals surface area contributed by atoms with Crippen LogP contribution < -0.4 is 15.4 Å². The first kappa shape index (κ1) is 11.3.